The normalized spacial score (nSPS) is 15.0. The quantitative estimate of drug-likeness (QED) is 0.0906. The molecule has 1 aliphatic rings. The Bertz CT molecular complexity index is 2190. The molecule has 0 spiro atoms. The van der Waals surface area contributed by atoms with E-state index in [0.29, 0.717) is 39.3 Å². The van der Waals surface area contributed by atoms with Crippen LogP contribution in [-0.2, 0) is 32.0 Å². The second kappa shape index (κ2) is 21.8. The third-order valence-electron chi connectivity index (χ3n) is 9.94. The van der Waals surface area contributed by atoms with Gasteiger partial charge in [0.05, 0.1) is 19.2 Å². The van der Waals surface area contributed by atoms with Gasteiger partial charge in [0.15, 0.2) is 0 Å². The Balaban J connectivity index is 1.44. The van der Waals surface area contributed by atoms with Gasteiger partial charge < -0.3 is 47.1 Å². The van der Waals surface area contributed by atoms with E-state index < -0.39 is 54.7 Å². The Morgan fingerprint density at radius 1 is 0.867 bits per heavy atom. The number of nitriles is 1. The fraction of sp³-hybridized carbons (Fsp3) is 0.333. The van der Waals surface area contributed by atoms with Crippen molar-refractivity contribution in [3.63, 3.8) is 0 Å². The molecule has 0 aliphatic carbocycles. The summed E-state index contributed by atoms with van der Waals surface area (Å²) in [5.74, 6) is -2.24. The second-order valence-corrected chi connectivity index (χ2v) is 14.2. The maximum Gasteiger partial charge on any atom is 0.251 e. The minimum absolute atomic E-state index is 0.0303. The van der Waals surface area contributed by atoms with Gasteiger partial charge in [-0.05, 0) is 77.1 Å². The number of fused-ring (bicyclic) bond motifs is 5. The molecule has 1 aliphatic heterocycles. The van der Waals surface area contributed by atoms with E-state index in [4.69, 9.17) is 26.2 Å². The van der Waals surface area contributed by atoms with Crippen molar-refractivity contribution in [1.82, 2.24) is 26.2 Å². The average molecular weight is 817 g/mol. The van der Waals surface area contributed by atoms with Crippen molar-refractivity contribution in [1.29, 1.82) is 5.26 Å². The molecule has 2 atom stereocenters. The first-order valence-electron chi connectivity index (χ1n) is 19.9. The molecule has 0 aromatic heterocycles. The molecule has 4 aromatic carbocycles. The van der Waals surface area contributed by atoms with Crippen LogP contribution in [0.1, 0.15) is 52.9 Å². The summed E-state index contributed by atoms with van der Waals surface area (Å²) < 4.78 is 12.1. The van der Waals surface area contributed by atoms with Crippen molar-refractivity contribution >= 4 is 29.5 Å². The van der Waals surface area contributed by atoms with Crippen LogP contribution in [0.4, 0.5) is 0 Å². The maximum absolute atomic E-state index is 14.1. The molecule has 8 N–H and O–H groups in total. The van der Waals surface area contributed by atoms with Crippen molar-refractivity contribution in [2.75, 3.05) is 53.0 Å². The largest absolute Gasteiger partial charge is 0.492 e. The van der Waals surface area contributed by atoms with Gasteiger partial charge in [-0.25, -0.2) is 0 Å². The fourth-order valence-corrected chi connectivity index (χ4v) is 6.77. The number of amides is 5. The number of hydrogen-bond donors (Lipinski definition) is 6. The molecule has 1 heterocycles. The van der Waals surface area contributed by atoms with Gasteiger partial charge in [0.1, 0.15) is 43.3 Å². The van der Waals surface area contributed by atoms with Gasteiger partial charge in [0.2, 0.25) is 23.6 Å². The van der Waals surface area contributed by atoms with E-state index in [-0.39, 0.29) is 39.3 Å². The van der Waals surface area contributed by atoms with Gasteiger partial charge in [-0.15, -0.1) is 0 Å². The van der Waals surface area contributed by atoms with Gasteiger partial charge in [-0.3, -0.25) is 24.0 Å². The van der Waals surface area contributed by atoms with Crippen LogP contribution >= 0.6 is 0 Å². The van der Waals surface area contributed by atoms with Crippen LogP contribution < -0.4 is 42.2 Å². The summed E-state index contributed by atoms with van der Waals surface area (Å²) >= 11 is 0. The van der Waals surface area contributed by atoms with E-state index in [0.717, 1.165) is 30.4 Å². The highest BCUT2D eigenvalue weighted by Crippen LogP contribution is 2.40. The summed E-state index contributed by atoms with van der Waals surface area (Å²) in [6, 6.07) is 25.1. The molecule has 5 amide bonds. The van der Waals surface area contributed by atoms with Crippen LogP contribution in [0.15, 0.2) is 84.9 Å². The smallest absolute Gasteiger partial charge is 0.251 e. The number of nitrogens with two attached hydrogens (primary N) is 2. The summed E-state index contributed by atoms with van der Waals surface area (Å²) in [7, 11) is 1.43. The van der Waals surface area contributed by atoms with E-state index in [1.54, 1.807) is 48.5 Å². The summed E-state index contributed by atoms with van der Waals surface area (Å²) in [5, 5.41) is 19.5. The molecule has 0 fully saturated rings. The number of ether oxygens (including phenoxy) is 2. The first-order chi connectivity index (χ1) is 29.1. The zero-order valence-electron chi connectivity index (χ0n) is 33.9. The lowest BCUT2D eigenvalue weighted by atomic mass is 9.93. The zero-order valence-corrected chi connectivity index (χ0v) is 33.9. The fourth-order valence-electron chi connectivity index (χ4n) is 6.77. The average Bonchev–Trinajstić information content (AvgIpc) is 3.27. The van der Waals surface area contributed by atoms with Gasteiger partial charge in [-0.2, -0.15) is 5.26 Å². The molecule has 5 rings (SSSR count). The lowest BCUT2D eigenvalue weighted by Crippen LogP contribution is -2.52. The Hall–Kier alpha value is -6.76. The van der Waals surface area contributed by atoms with Gasteiger partial charge in [-0.1, -0.05) is 61.9 Å². The molecular weight excluding hydrogens is 765 g/mol. The minimum Gasteiger partial charge on any atom is -0.492 e. The molecule has 2 unspecified atom stereocenters. The van der Waals surface area contributed by atoms with Crippen LogP contribution in [0.5, 0.6) is 11.5 Å². The van der Waals surface area contributed by atoms with Crippen LogP contribution in [0.2, 0.25) is 0 Å². The number of carbonyl (C=O) groups is 5. The molecule has 0 radical (unpaired) electrons. The first-order valence-corrected chi connectivity index (χ1v) is 19.9. The molecule has 0 saturated carbocycles. The Morgan fingerprint density at radius 2 is 1.50 bits per heavy atom. The first kappa shape index (κ1) is 44.3. The molecule has 4 bridgehead atoms. The predicted octanol–water partition coefficient (Wildman–Crippen LogP) is 2.76. The third-order valence-corrected chi connectivity index (χ3v) is 9.94. The van der Waals surface area contributed by atoms with E-state index in [1.807, 2.05) is 18.2 Å². The van der Waals surface area contributed by atoms with Crippen molar-refractivity contribution in [2.45, 2.75) is 44.7 Å². The van der Waals surface area contributed by atoms with Crippen molar-refractivity contribution in [3.8, 4) is 39.8 Å². The highest BCUT2D eigenvalue weighted by atomic mass is 16.5. The van der Waals surface area contributed by atoms with Crippen LogP contribution in [0, 0.1) is 11.3 Å². The lowest BCUT2D eigenvalue weighted by Gasteiger charge is -2.29. The predicted molar refractivity (Wildman–Crippen MR) is 227 cm³/mol. The maximum atomic E-state index is 14.1. The molecule has 60 heavy (non-hydrogen) atoms. The van der Waals surface area contributed by atoms with Crippen LogP contribution in [0.3, 0.4) is 0 Å². The number of hydrogen-bond acceptors (Lipinski definition) is 10. The van der Waals surface area contributed by atoms with Gasteiger partial charge in [0.25, 0.3) is 5.91 Å². The number of likely N-dealkylation sites (N-methyl/N-ethyl adjacent to an activating group) is 1. The van der Waals surface area contributed by atoms with E-state index in [2.05, 4.69) is 52.5 Å². The third kappa shape index (κ3) is 11.7. The molecule has 314 valence electrons. The SMILES string of the molecule is CCCCc1ccc(-c2ccc(C(=O)NCC(=O)N(C)C3C(=O)NCC(=O)NC(C(=O)NCC#N)Cc4ccc(OCCN)c(c4)-c4cc3ccc4OCCN)cc2)cc1. The van der Waals surface area contributed by atoms with Gasteiger partial charge >= 0.3 is 0 Å². The Kier molecular flexibility index (Phi) is 16.1. The highest BCUT2D eigenvalue weighted by Gasteiger charge is 2.32. The van der Waals surface area contributed by atoms with Crippen molar-refractivity contribution in [2.24, 2.45) is 11.5 Å². The summed E-state index contributed by atoms with van der Waals surface area (Å²) in [6.45, 7) is 1.67. The number of unbranched alkanes of at least 4 members (excludes halogenated alkanes) is 1. The van der Waals surface area contributed by atoms with E-state index in [1.165, 1.54) is 17.5 Å². The van der Waals surface area contributed by atoms with E-state index in [9.17, 15) is 24.0 Å². The number of aryl methyl sites for hydroxylation is 1. The topological polar surface area (TPSA) is 231 Å². The summed E-state index contributed by atoms with van der Waals surface area (Å²) in [5.41, 5.74) is 17.2. The monoisotopic (exact) mass is 816 g/mol. The second-order valence-electron chi connectivity index (χ2n) is 14.2. The molecule has 0 saturated heterocycles. The highest BCUT2D eigenvalue weighted by molar-refractivity contribution is 5.98. The number of benzene rings is 4. The Morgan fingerprint density at radius 3 is 2.13 bits per heavy atom. The summed E-state index contributed by atoms with van der Waals surface area (Å²) in [6.07, 6.45) is 3.31. The van der Waals surface area contributed by atoms with E-state index >= 15 is 0 Å². The lowest BCUT2D eigenvalue weighted by molar-refractivity contribution is -0.139. The van der Waals surface area contributed by atoms with Crippen molar-refractivity contribution in [3.05, 3.63) is 107 Å². The summed E-state index contributed by atoms with van der Waals surface area (Å²) in [4.78, 5) is 68.7. The minimum atomic E-state index is -1.30. The number of carbonyl (C=O) groups excluding carboxylic acids is 5. The number of rotatable bonds is 16. The zero-order chi connectivity index (χ0) is 43.0. The molecule has 4 aromatic rings. The Labute approximate surface area is 349 Å². The molecule has 15 nitrogen and oxygen atoms in total. The number of nitrogens with one attached hydrogen (secondary N) is 4. The standard InChI is InChI=1S/C45H52N8O7/c1-3-4-5-29-6-9-31(10-7-29)32-11-13-33(14-12-32)43(56)51-28-41(55)53(2)42-34-15-17-39(60-23-20-48)36(26-34)35-24-30(8-16-38(35)59-22-19-47)25-37(44(57)49-21-18-46)52-40(54)27-50-45(42)58/h6-17,24,26,37,42H,3-5,19-23,25,27-28,47-48H2,1-2H3,(H,49,57)(H,50,58)(H,51,56)(H,52,54). The molecule has 15 heteroatoms. The van der Waals surface area contributed by atoms with Gasteiger partial charge in [0, 0.05) is 43.2 Å². The number of nitrogens with zero attached hydrogens (tertiary/aromatic N) is 2. The van der Waals surface area contributed by atoms with Crippen molar-refractivity contribution < 1.29 is 33.4 Å². The molecular formula is C45H52N8O7. The van der Waals surface area contributed by atoms with Crippen LogP contribution in [0.25, 0.3) is 22.3 Å². The van der Waals surface area contributed by atoms with Crippen LogP contribution in [-0.4, -0.2) is 93.5 Å².